The maximum absolute atomic E-state index is 5.91. The molecule has 0 spiro atoms. The van der Waals surface area contributed by atoms with Gasteiger partial charge in [-0.2, -0.15) is 0 Å². The van der Waals surface area contributed by atoms with Gasteiger partial charge in [0.15, 0.2) is 0 Å². The average Bonchev–Trinajstić information content (AvgIpc) is 2.03. The van der Waals surface area contributed by atoms with Gasteiger partial charge in [-0.25, -0.2) is 0 Å². The van der Waals surface area contributed by atoms with Crippen LogP contribution in [0.2, 0.25) is 0 Å². The third-order valence-electron chi connectivity index (χ3n) is 2.14. The first-order valence-electron chi connectivity index (χ1n) is 4.90. The number of hydrogen-bond acceptors (Lipinski definition) is 1. The van der Waals surface area contributed by atoms with Crippen molar-refractivity contribution in [3.8, 4) is 0 Å². The van der Waals surface area contributed by atoms with Crippen molar-refractivity contribution in [2.45, 2.75) is 45.4 Å². The molecule has 0 fully saturated rings. The molecule has 0 aromatic rings. The monoisotopic (exact) mass is 192 g/mol. The highest BCUT2D eigenvalue weighted by Crippen LogP contribution is 2.13. The van der Waals surface area contributed by atoms with Crippen LogP contribution < -0.4 is 0 Å². The van der Waals surface area contributed by atoms with Crippen LogP contribution in [0.4, 0.5) is 0 Å². The first kappa shape index (κ1) is 12.2. The number of rotatable bonds is 7. The van der Waals surface area contributed by atoms with Crippen molar-refractivity contribution in [1.82, 2.24) is 0 Å². The maximum Gasteiger partial charge on any atom is 0.0469 e. The van der Waals surface area contributed by atoms with E-state index in [2.05, 4.69) is 13.8 Å². The first-order valence-corrected chi connectivity index (χ1v) is 5.34. The minimum Gasteiger partial charge on any atom is -0.381 e. The van der Waals surface area contributed by atoms with Gasteiger partial charge in [-0.3, -0.25) is 0 Å². The summed E-state index contributed by atoms with van der Waals surface area (Å²) in [5, 5.41) is 0.264. The molecular weight excluding hydrogens is 172 g/mol. The Labute approximate surface area is 81.4 Å². The van der Waals surface area contributed by atoms with Crippen LogP contribution in [0.15, 0.2) is 0 Å². The predicted molar refractivity (Wildman–Crippen MR) is 54.8 cm³/mol. The van der Waals surface area contributed by atoms with Crippen molar-refractivity contribution in [3.05, 3.63) is 0 Å². The molecule has 0 aliphatic carbocycles. The van der Waals surface area contributed by atoms with Crippen molar-refractivity contribution in [2.75, 3.05) is 13.2 Å². The molecule has 0 aliphatic heterocycles. The molecule has 0 amide bonds. The molecule has 2 unspecified atom stereocenters. The van der Waals surface area contributed by atoms with Crippen molar-refractivity contribution in [2.24, 2.45) is 5.92 Å². The maximum atomic E-state index is 5.91. The fraction of sp³-hybridized carbons (Fsp3) is 1.00. The summed E-state index contributed by atoms with van der Waals surface area (Å²) in [7, 11) is 0. The zero-order valence-corrected chi connectivity index (χ0v) is 9.23. The van der Waals surface area contributed by atoms with Crippen LogP contribution in [0.1, 0.15) is 40.0 Å². The second-order valence-electron chi connectivity index (χ2n) is 3.41. The van der Waals surface area contributed by atoms with E-state index in [1.54, 1.807) is 0 Å². The Morgan fingerprint density at radius 2 is 1.92 bits per heavy atom. The molecule has 74 valence electrons. The number of halogens is 1. The standard InChI is InChI=1S/C10H21ClO/c1-4-5-7-12-8-6-9(2)10(3)11/h9-10H,4-8H2,1-3H3. The molecule has 2 atom stereocenters. The summed E-state index contributed by atoms with van der Waals surface area (Å²) in [5.74, 6) is 0.563. The molecule has 12 heavy (non-hydrogen) atoms. The lowest BCUT2D eigenvalue weighted by Gasteiger charge is -2.13. The van der Waals surface area contributed by atoms with Gasteiger partial charge in [-0.1, -0.05) is 20.3 Å². The van der Waals surface area contributed by atoms with Crippen LogP contribution in [-0.4, -0.2) is 18.6 Å². The lowest BCUT2D eigenvalue weighted by Crippen LogP contribution is -2.10. The van der Waals surface area contributed by atoms with Gasteiger partial charge in [-0.05, 0) is 25.7 Å². The Bertz CT molecular complexity index is 93.8. The zero-order chi connectivity index (χ0) is 9.40. The van der Waals surface area contributed by atoms with E-state index in [4.69, 9.17) is 16.3 Å². The minimum atomic E-state index is 0.264. The summed E-state index contributed by atoms with van der Waals surface area (Å²) in [4.78, 5) is 0. The van der Waals surface area contributed by atoms with Crippen molar-refractivity contribution in [3.63, 3.8) is 0 Å². The SMILES string of the molecule is CCCCOCCC(C)C(C)Cl. The second-order valence-corrected chi connectivity index (χ2v) is 4.10. The zero-order valence-electron chi connectivity index (χ0n) is 8.48. The van der Waals surface area contributed by atoms with E-state index in [0.717, 1.165) is 19.6 Å². The number of hydrogen-bond donors (Lipinski definition) is 0. The third kappa shape index (κ3) is 6.93. The third-order valence-corrected chi connectivity index (χ3v) is 2.57. The van der Waals surface area contributed by atoms with Gasteiger partial charge in [0.25, 0.3) is 0 Å². The van der Waals surface area contributed by atoms with Gasteiger partial charge in [-0.15, -0.1) is 11.6 Å². The molecule has 0 radical (unpaired) electrons. The van der Waals surface area contributed by atoms with Crippen LogP contribution >= 0.6 is 11.6 Å². The summed E-state index contributed by atoms with van der Waals surface area (Å²) in [5.41, 5.74) is 0. The lowest BCUT2D eigenvalue weighted by molar-refractivity contribution is 0.119. The van der Waals surface area contributed by atoms with E-state index >= 15 is 0 Å². The highest BCUT2D eigenvalue weighted by atomic mass is 35.5. The smallest absolute Gasteiger partial charge is 0.0469 e. The molecule has 0 rings (SSSR count). The van der Waals surface area contributed by atoms with Crippen LogP contribution in [0.3, 0.4) is 0 Å². The fourth-order valence-corrected chi connectivity index (χ4v) is 0.973. The predicted octanol–water partition coefficient (Wildman–Crippen LogP) is 3.46. The summed E-state index contributed by atoms with van der Waals surface area (Å²) in [6.45, 7) is 8.14. The highest BCUT2D eigenvalue weighted by molar-refractivity contribution is 6.20. The minimum absolute atomic E-state index is 0.264. The molecule has 0 saturated heterocycles. The normalized spacial score (nSPS) is 16.0. The highest BCUT2D eigenvalue weighted by Gasteiger charge is 2.07. The summed E-state index contributed by atoms with van der Waals surface area (Å²) >= 11 is 5.91. The van der Waals surface area contributed by atoms with E-state index in [9.17, 15) is 0 Å². The number of ether oxygens (including phenoxy) is 1. The number of alkyl halides is 1. The molecule has 1 nitrogen and oxygen atoms in total. The Kier molecular flexibility index (Phi) is 8.04. The molecular formula is C10H21ClO. The Morgan fingerprint density at radius 3 is 2.42 bits per heavy atom. The van der Waals surface area contributed by atoms with E-state index in [1.807, 2.05) is 6.92 Å². The lowest BCUT2D eigenvalue weighted by atomic mass is 10.1. The Morgan fingerprint density at radius 1 is 1.25 bits per heavy atom. The summed E-state index contributed by atoms with van der Waals surface area (Å²) in [6, 6.07) is 0. The summed E-state index contributed by atoms with van der Waals surface area (Å²) in [6.07, 6.45) is 3.46. The van der Waals surface area contributed by atoms with Crippen molar-refractivity contribution < 1.29 is 4.74 Å². The molecule has 2 heteroatoms. The van der Waals surface area contributed by atoms with E-state index in [1.165, 1.54) is 12.8 Å². The molecule has 0 aliphatic rings. The van der Waals surface area contributed by atoms with Gasteiger partial charge in [0.05, 0.1) is 0 Å². The van der Waals surface area contributed by atoms with Crippen LogP contribution in [0.25, 0.3) is 0 Å². The Balaban J connectivity index is 3.08. The van der Waals surface area contributed by atoms with E-state index in [-0.39, 0.29) is 5.38 Å². The second kappa shape index (κ2) is 7.88. The van der Waals surface area contributed by atoms with Gasteiger partial charge >= 0.3 is 0 Å². The average molecular weight is 193 g/mol. The molecule has 0 bridgehead atoms. The largest absolute Gasteiger partial charge is 0.381 e. The van der Waals surface area contributed by atoms with Gasteiger partial charge < -0.3 is 4.74 Å². The quantitative estimate of drug-likeness (QED) is 0.444. The molecule has 0 N–H and O–H groups in total. The first-order chi connectivity index (χ1) is 5.68. The molecule has 0 saturated carbocycles. The van der Waals surface area contributed by atoms with Crippen LogP contribution in [0.5, 0.6) is 0 Å². The fourth-order valence-electron chi connectivity index (χ4n) is 0.847. The van der Waals surface area contributed by atoms with Crippen LogP contribution in [0, 0.1) is 5.92 Å². The molecule has 0 aromatic heterocycles. The molecule has 0 aromatic carbocycles. The van der Waals surface area contributed by atoms with Crippen LogP contribution in [-0.2, 0) is 4.74 Å². The molecule has 0 heterocycles. The van der Waals surface area contributed by atoms with Crippen molar-refractivity contribution in [1.29, 1.82) is 0 Å². The van der Waals surface area contributed by atoms with Crippen molar-refractivity contribution >= 4 is 11.6 Å². The van der Waals surface area contributed by atoms with E-state index < -0.39 is 0 Å². The number of unbranched alkanes of at least 4 members (excludes halogenated alkanes) is 1. The van der Waals surface area contributed by atoms with Gasteiger partial charge in [0, 0.05) is 18.6 Å². The van der Waals surface area contributed by atoms with Gasteiger partial charge in [0.2, 0.25) is 0 Å². The topological polar surface area (TPSA) is 9.23 Å². The Hall–Kier alpha value is 0.250. The van der Waals surface area contributed by atoms with E-state index in [0.29, 0.717) is 5.92 Å². The van der Waals surface area contributed by atoms with Gasteiger partial charge in [0.1, 0.15) is 0 Å². The summed E-state index contributed by atoms with van der Waals surface area (Å²) < 4.78 is 5.44.